The van der Waals surface area contributed by atoms with Gasteiger partial charge in [-0.05, 0) is 6.42 Å². The summed E-state index contributed by atoms with van der Waals surface area (Å²) in [6, 6.07) is 0. The molecule has 1 fully saturated rings. The number of aliphatic hydroxyl groups is 1. The molecule has 0 aromatic heterocycles. The van der Waals surface area contributed by atoms with Crippen molar-refractivity contribution in [3.05, 3.63) is 0 Å². The maximum Gasteiger partial charge on any atom is 0.0824 e. The van der Waals surface area contributed by atoms with Crippen LogP contribution >= 0.6 is 0 Å². The van der Waals surface area contributed by atoms with Gasteiger partial charge in [-0.2, -0.15) is 0 Å². The van der Waals surface area contributed by atoms with Crippen molar-refractivity contribution in [2.45, 2.75) is 12.5 Å². The molecule has 1 aliphatic heterocycles. The summed E-state index contributed by atoms with van der Waals surface area (Å²) in [5, 5.41) is 9.24. The van der Waals surface area contributed by atoms with Crippen LogP contribution in [0.1, 0.15) is 6.42 Å². The van der Waals surface area contributed by atoms with E-state index >= 15 is 0 Å². The zero-order valence-electron chi connectivity index (χ0n) is 6.25. The van der Waals surface area contributed by atoms with Crippen molar-refractivity contribution in [3.63, 3.8) is 0 Å². The average Bonchev–Trinajstić information content (AvgIpc) is 2.31. The molecule has 0 bridgehead atoms. The third-order valence-corrected chi connectivity index (χ3v) is 1.86. The van der Waals surface area contributed by atoms with E-state index in [1.54, 1.807) is 7.11 Å². The molecule has 1 N–H and O–H groups in total. The van der Waals surface area contributed by atoms with Gasteiger partial charge in [0, 0.05) is 19.6 Å². The summed E-state index contributed by atoms with van der Waals surface area (Å²) in [5.74, 6) is 0.292. The number of aliphatic hydroxyl groups excluding tert-OH is 1. The van der Waals surface area contributed by atoms with E-state index < -0.39 is 0 Å². The first-order valence-corrected chi connectivity index (χ1v) is 3.59. The lowest BCUT2D eigenvalue weighted by Crippen LogP contribution is -2.18. The van der Waals surface area contributed by atoms with Gasteiger partial charge in [0.25, 0.3) is 0 Å². The monoisotopic (exact) mass is 146 g/mol. The number of hydrogen-bond acceptors (Lipinski definition) is 3. The van der Waals surface area contributed by atoms with Gasteiger partial charge in [-0.15, -0.1) is 0 Å². The zero-order chi connectivity index (χ0) is 7.40. The van der Waals surface area contributed by atoms with Crippen LogP contribution in [0.5, 0.6) is 0 Å². The largest absolute Gasteiger partial charge is 0.390 e. The number of rotatable bonds is 3. The summed E-state index contributed by atoms with van der Waals surface area (Å²) in [4.78, 5) is 0. The Labute approximate surface area is 60.9 Å². The highest BCUT2D eigenvalue weighted by Gasteiger charge is 2.25. The molecule has 1 heterocycles. The Morgan fingerprint density at radius 2 is 2.40 bits per heavy atom. The Balaban J connectivity index is 2.14. The van der Waals surface area contributed by atoms with Crippen LogP contribution in [0.4, 0.5) is 0 Å². The summed E-state index contributed by atoms with van der Waals surface area (Å²) in [6.45, 7) is 1.89. The van der Waals surface area contributed by atoms with E-state index in [1.165, 1.54) is 0 Å². The summed E-state index contributed by atoms with van der Waals surface area (Å²) >= 11 is 0. The Bertz CT molecular complexity index is 94.9. The molecule has 0 saturated carbocycles. The summed E-state index contributed by atoms with van der Waals surface area (Å²) < 4.78 is 9.95. The lowest BCUT2D eigenvalue weighted by Gasteiger charge is -2.10. The first-order chi connectivity index (χ1) is 4.84. The maximum absolute atomic E-state index is 9.24. The minimum Gasteiger partial charge on any atom is -0.390 e. The predicted molar refractivity (Wildman–Crippen MR) is 36.8 cm³/mol. The Morgan fingerprint density at radius 1 is 1.60 bits per heavy atom. The van der Waals surface area contributed by atoms with E-state index in [4.69, 9.17) is 9.47 Å². The first-order valence-electron chi connectivity index (χ1n) is 3.59. The van der Waals surface area contributed by atoms with Gasteiger partial charge >= 0.3 is 0 Å². The van der Waals surface area contributed by atoms with E-state index in [0.717, 1.165) is 6.42 Å². The topological polar surface area (TPSA) is 38.7 Å². The molecule has 0 aromatic carbocycles. The van der Waals surface area contributed by atoms with Crippen molar-refractivity contribution >= 4 is 0 Å². The quantitative estimate of drug-likeness (QED) is 0.610. The first kappa shape index (κ1) is 7.98. The third kappa shape index (κ3) is 1.94. The van der Waals surface area contributed by atoms with Crippen LogP contribution in [0.15, 0.2) is 0 Å². The van der Waals surface area contributed by atoms with Crippen molar-refractivity contribution in [1.82, 2.24) is 0 Å². The standard InChI is InChI=1S/C7H14O3/c1-9-3-2-6-4-10-5-7(6)8/h6-8H,2-5H2,1H3/t6-,7+/m1/s1. The fourth-order valence-corrected chi connectivity index (χ4v) is 1.13. The smallest absolute Gasteiger partial charge is 0.0824 e. The summed E-state index contributed by atoms with van der Waals surface area (Å²) in [5.41, 5.74) is 0. The lowest BCUT2D eigenvalue weighted by atomic mass is 10.0. The van der Waals surface area contributed by atoms with E-state index in [0.29, 0.717) is 25.7 Å². The van der Waals surface area contributed by atoms with Gasteiger partial charge in [-0.1, -0.05) is 0 Å². The highest BCUT2D eigenvalue weighted by atomic mass is 16.5. The van der Waals surface area contributed by atoms with Gasteiger partial charge in [0.15, 0.2) is 0 Å². The van der Waals surface area contributed by atoms with Crippen molar-refractivity contribution in [3.8, 4) is 0 Å². The fourth-order valence-electron chi connectivity index (χ4n) is 1.13. The second-order valence-electron chi connectivity index (χ2n) is 2.65. The molecule has 3 nitrogen and oxygen atoms in total. The molecule has 1 aliphatic rings. The molecular weight excluding hydrogens is 132 g/mol. The second-order valence-corrected chi connectivity index (χ2v) is 2.65. The molecular formula is C7H14O3. The molecule has 0 aromatic rings. The molecule has 3 heteroatoms. The highest BCUT2D eigenvalue weighted by Crippen LogP contribution is 2.16. The van der Waals surface area contributed by atoms with Crippen molar-refractivity contribution in [2.75, 3.05) is 26.9 Å². The molecule has 2 atom stereocenters. The van der Waals surface area contributed by atoms with Gasteiger partial charge < -0.3 is 14.6 Å². The van der Waals surface area contributed by atoms with E-state index in [1.807, 2.05) is 0 Å². The minimum absolute atomic E-state index is 0.268. The Kier molecular flexibility index (Phi) is 3.12. The predicted octanol–water partition coefficient (Wildman–Crippen LogP) is 0.0302. The molecule has 1 rings (SSSR count). The molecule has 10 heavy (non-hydrogen) atoms. The Morgan fingerprint density at radius 3 is 2.90 bits per heavy atom. The van der Waals surface area contributed by atoms with Crippen LogP contribution in [-0.2, 0) is 9.47 Å². The van der Waals surface area contributed by atoms with Crippen molar-refractivity contribution in [1.29, 1.82) is 0 Å². The van der Waals surface area contributed by atoms with E-state index in [2.05, 4.69) is 0 Å². The number of ether oxygens (including phenoxy) is 2. The van der Waals surface area contributed by atoms with Crippen LogP contribution < -0.4 is 0 Å². The highest BCUT2D eigenvalue weighted by molar-refractivity contribution is 4.73. The van der Waals surface area contributed by atoms with Crippen LogP contribution in [-0.4, -0.2) is 38.1 Å². The van der Waals surface area contributed by atoms with Gasteiger partial charge in [-0.3, -0.25) is 0 Å². The molecule has 0 radical (unpaired) electrons. The molecule has 0 unspecified atom stereocenters. The van der Waals surface area contributed by atoms with Crippen molar-refractivity contribution in [2.24, 2.45) is 5.92 Å². The average molecular weight is 146 g/mol. The van der Waals surface area contributed by atoms with Crippen LogP contribution in [0.2, 0.25) is 0 Å². The Hall–Kier alpha value is -0.120. The zero-order valence-corrected chi connectivity index (χ0v) is 6.25. The van der Waals surface area contributed by atoms with E-state index in [-0.39, 0.29) is 6.10 Å². The second kappa shape index (κ2) is 3.91. The summed E-state index contributed by atoms with van der Waals surface area (Å²) in [6.07, 6.45) is 0.632. The molecule has 0 spiro atoms. The molecule has 0 aliphatic carbocycles. The fraction of sp³-hybridized carbons (Fsp3) is 1.00. The molecule has 1 saturated heterocycles. The number of hydrogen-bond donors (Lipinski definition) is 1. The van der Waals surface area contributed by atoms with Gasteiger partial charge in [0.2, 0.25) is 0 Å². The van der Waals surface area contributed by atoms with Crippen molar-refractivity contribution < 1.29 is 14.6 Å². The van der Waals surface area contributed by atoms with E-state index in [9.17, 15) is 5.11 Å². The van der Waals surface area contributed by atoms with Crippen LogP contribution in [0.25, 0.3) is 0 Å². The molecule has 0 amide bonds. The van der Waals surface area contributed by atoms with Crippen LogP contribution in [0, 0.1) is 5.92 Å². The van der Waals surface area contributed by atoms with Crippen LogP contribution in [0.3, 0.4) is 0 Å². The van der Waals surface area contributed by atoms with Gasteiger partial charge in [0.05, 0.1) is 19.3 Å². The normalized spacial score (nSPS) is 33.0. The maximum atomic E-state index is 9.24. The van der Waals surface area contributed by atoms with Gasteiger partial charge in [0.1, 0.15) is 0 Å². The van der Waals surface area contributed by atoms with Gasteiger partial charge in [-0.25, -0.2) is 0 Å². The minimum atomic E-state index is -0.268. The summed E-state index contributed by atoms with van der Waals surface area (Å²) in [7, 11) is 1.67. The molecule has 60 valence electrons. The SMILES string of the molecule is COCC[C@@H]1COC[C@@H]1O. The number of methoxy groups -OCH3 is 1. The lowest BCUT2D eigenvalue weighted by molar-refractivity contribution is 0.105. The third-order valence-electron chi connectivity index (χ3n) is 1.86.